The summed E-state index contributed by atoms with van der Waals surface area (Å²) < 4.78 is 6.66. The van der Waals surface area contributed by atoms with Crippen LogP contribution in [0.5, 0.6) is 0 Å². The Morgan fingerprint density at radius 2 is 0.978 bits per heavy atom. The Kier molecular flexibility index (Phi) is 5.78. The third-order valence-electron chi connectivity index (χ3n) is 8.49. The van der Waals surface area contributed by atoms with E-state index in [1.165, 1.54) is 5.39 Å². The summed E-state index contributed by atoms with van der Waals surface area (Å²) in [4.78, 5) is 15.3. The van der Waals surface area contributed by atoms with Gasteiger partial charge in [0, 0.05) is 32.8 Å². The fourth-order valence-electron chi connectivity index (χ4n) is 6.37. The van der Waals surface area contributed by atoms with Crippen LogP contribution in [-0.2, 0) is 0 Å². The largest absolute Gasteiger partial charge is 0.455 e. The lowest BCUT2D eigenvalue weighted by Crippen LogP contribution is -2.00. The van der Waals surface area contributed by atoms with E-state index in [2.05, 4.69) is 103 Å². The van der Waals surface area contributed by atoms with Crippen LogP contribution in [0.1, 0.15) is 0 Å². The van der Waals surface area contributed by atoms with Gasteiger partial charge in [0.25, 0.3) is 0 Å². The molecule has 0 saturated heterocycles. The summed E-state index contributed by atoms with van der Waals surface area (Å²) in [5.41, 5.74) is 6.70. The van der Waals surface area contributed by atoms with Gasteiger partial charge in [-0.3, -0.25) is 0 Å². The predicted molar refractivity (Wildman–Crippen MR) is 184 cm³/mol. The molecule has 0 radical (unpaired) electrons. The zero-order chi connectivity index (χ0) is 29.7. The Morgan fingerprint density at radius 3 is 1.80 bits per heavy atom. The van der Waals surface area contributed by atoms with Crippen LogP contribution in [0, 0.1) is 0 Å². The van der Waals surface area contributed by atoms with E-state index in [1.807, 2.05) is 48.5 Å². The molecule has 0 amide bonds. The molecule has 2 heterocycles. The van der Waals surface area contributed by atoms with Gasteiger partial charge in [-0.1, -0.05) is 133 Å². The van der Waals surface area contributed by atoms with Crippen molar-refractivity contribution >= 4 is 43.5 Å². The van der Waals surface area contributed by atoms with Gasteiger partial charge in [-0.2, -0.15) is 0 Å². The third kappa shape index (κ3) is 4.27. The van der Waals surface area contributed by atoms with Gasteiger partial charge in [0.1, 0.15) is 11.2 Å². The van der Waals surface area contributed by atoms with Gasteiger partial charge in [-0.25, -0.2) is 15.0 Å². The Balaban J connectivity index is 1.36. The first-order valence-corrected chi connectivity index (χ1v) is 15.0. The quantitative estimate of drug-likeness (QED) is 0.196. The highest BCUT2D eigenvalue weighted by molar-refractivity contribution is 6.26. The number of aromatic nitrogens is 3. The van der Waals surface area contributed by atoms with Crippen LogP contribution in [0.25, 0.3) is 88.8 Å². The topological polar surface area (TPSA) is 51.8 Å². The summed E-state index contributed by atoms with van der Waals surface area (Å²) in [6.07, 6.45) is 0. The molecule has 9 aromatic rings. The molecule has 0 aliphatic heterocycles. The molecular weight excluding hydrogens is 550 g/mol. The number of para-hydroxylation sites is 1. The van der Waals surface area contributed by atoms with E-state index in [0.29, 0.717) is 17.5 Å². The van der Waals surface area contributed by atoms with Crippen molar-refractivity contribution in [2.24, 2.45) is 0 Å². The van der Waals surface area contributed by atoms with Crippen LogP contribution in [0.4, 0.5) is 0 Å². The summed E-state index contributed by atoms with van der Waals surface area (Å²) in [6.45, 7) is 0. The highest BCUT2D eigenvalue weighted by Gasteiger charge is 2.21. The lowest BCUT2D eigenvalue weighted by atomic mass is 9.95. The molecule has 9 rings (SSSR count). The first-order chi connectivity index (χ1) is 22.3. The molecule has 210 valence electrons. The highest BCUT2D eigenvalue weighted by Crippen LogP contribution is 2.43. The number of furan rings is 1. The minimum atomic E-state index is 0.607. The maximum absolute atomic E-state index is 6.66. The van der Waals surface area contributed by atoms with E-state index in [-0.39, 0.29) is 0 Å². The molecule has 0 saturated carbocycles. The van der Waals surface area contributed by atoms with Crippen molar-refractivity contribution in [2.75, 3.05) is 0 Å². The smallest absolute Gasteiger partial charge is 0.164 e. The zero-order valence-corrected chi connectivity index (χ0v) is 24.2. The second kappa shape index (κ2) is 10.2. The summed E-state index contributed by atoms with van der Waals surface area (Å²) in [5.74, 6) is 1.85. The number of rotatable bonds is 4. The number of hydrogen-bond donors (Lipinski definition) is 0. The Hall–Kier alpha value is -6.13. The SMILES string of the molecule is c1ccc(-c2cccc(-c3nc(-c4ccccc4)nc(-c4cc5ccc6ccccc6c5c5oc6ccccc6c45)n3)c2)cc1. The minimum Gasteiger partial charge on any atom is -0.455 e. The maximum Gasteiger partial charge on any atom is 0.164 e. The number of hydrogen-bond acceptors (Lipinski definition) is 4. The fraction of sp³-hybridized carbons (Fsp3) is 0. The first-order valence-electron chi connectivity index (χ1n) is 15.0. The van der Waals surface area contributed by atoms with Crippen molar-refractivity contribution < 1.29 is 4.42 Å². The summed E-state index contributed by atoms with van der Waals surface area (Å²) in [7, 11) is 0. The molecule has 0 unspecified atom stereocenters. The minimum absolute atomic E-state index is 0.607. The second-order valence-corrected chi connectivity index (χ2v) is 11.2. The van der Waals surface area contributed by atoms with Gasteiger partial charge in [-0.15, -0.1) is 0 Å². The van der Waals surface area contributed by atoms with Crippen molar-refractivity contribution in [3.63, 3.8) is 0 Å². The van der Waals surface area contributed by atoms with Crippen molar-refractivity contribution in [3.8, 4) is 45.3 Å². The predicted octanol–water partition coefficient (Wildman–Crippen LogP) is 10.7. The molecule has 7 aromatic carbocycles. The van der Waals surface area contributed by atoms with Gasteiger partial charge in [0.05, 0.1) is 0 Å². The molecule has 0 N–H and O–H groups in total. The van der Waals surface area contributed by atoms with Crippen molar-refractivity contribution in [2.45, 2.75) is 0 Å². The molecule has 0 spiro atoms. The monoisotopic (exact) mass is 575 g/mol. The van der Waals surface area contributed by atoms with Crippen molar-refractivity contribution in [1.29, 1.82) is 0 Å². The highest BCUT2D eigenvalue weighted by atomic mass is 16.3. The van der Waals surface area contributed by atoms with Gasteiger partial charge < -0.3 is 4.42 Å². The summed E-state index contributed by atoms with van der Waals surface area (Å²) in [6, 6.07) is 52.1. The van der Waals surface area contributed by atoms with E-state index in [1.54, 1.807) is 0 Å². The van der Waals surface area contributed by atoms with Gasteiger partial charge in [0.2, 0.25) is 0 Å². The Morgan fingerprint density at radius 1 is 0.378 bits per heavy atom. The van der Waals surface area contributed by atoms with Crippen LogP contribution in [0.2, 0.25) is 0 Å². The molecular formula is C41H25N3O. The molecule has 45 heavy (non-hydrogen) atoms. The molecule has 0 aliphatic rings. The molecule has 0 atom stereocenters. The molecule has 4 nitrogen and oxygen atoms in total. The van der Waals surface area contributed by atoms with Gasteiger partial charge >= 0.3 is 0 Å². The lowest BCUT2D eigenvalue weighted by molar-refractivity contribution is 0.673. The Labute approximate surface area is 259 Å². The van der Waals surface area contributed by atoms with Crippen molar-refractivity contribution in [3.05, 3.63) is 152 Å². The third-order valence-corrected chi connectivity index (χ3v) is 8.49. The first kappa shape index (κ1) is 25.4. The second-order valence-electron chi connectivity index (χ2n) is 11.2. The van der Waals surface area contributed by atoms with Gasteiger partial charge in [0.15, 0.2) is 17.5 Å². The average molecular weight is 576 g/mol. The molecule has 0 bridgehead atoms. The molecule has 4 heteroatoms. The number of nitrogens with zero attached hydrogens (tertiary/aromatic N) is 3. The maximum atomic E-state index is 6.66. The van der Waals surface area contributed by atoms with E-state index < -0.39 is 0 Å². The van der Waals surface area contributed by atoms with Crippen LogP contribution < -0.4 is 0 Å². The van der Waals surface area contributed by atoms with Crippen LogP contribution in [0.3, 0.4) is 0 Å². The van der Waals surface area contributed by atoms with E-state index in [0.717, 1.165) is 65.9 Å². The Bertz CT molecular complexity index is 2540. The van der Waals surface area contributed by atoms with Crippen LogP contribution in [-0.4, -0.2) is 15.0 Å². The van der Waals surface area contributed by atoms with E-state index in [9.17, 15) is 0 Å². The van der Waals surface area contributed by atoms with Gasteiger partial charge in [-0.05, 0) is 45.5 Å². The normalized spacial score (nSPS) is 11.6. The number of fused-ring (bicyclic) bond motifs is 7. The molecule has 0 aliphatic carbocycles. The molecule has 0 fully saturated rings. The van der Waals surface area contributed by atoms with Crippen molar-refractivity contribution in [1.82, 2.24) is 15.0 Å². The lowest BCUT2D eigenvalue weighted by Gasteiger charge is -2.12. The zero-order valence-electron chi connectivity index (χ0n) is 24.2. The summed E-state index contributed by atoms with van der Waals surface area (Å²) in [5, 5.41) is 6.53. The summed E-state index contributed by atoms with van der Waals surface area (Å²) >= 11 is 0. The molecule has 2 aromatic heterocycles. The average Bonchev–Trinajstić information content (AvgIpc) is 3.51. The fourth-order valence-corrected chi connectivity index (χ4v) is 6.37. The van der Waals surface area contributed by atoms with E-state index >= 15 is 0 Å². The van der Waals surface area contributed by atoms with Crippen LogP contribution >= 0.6 is 0 Å². The standard InChI is InChI=1S/C41H25N3O/c1-3-12-26(13-4-1)29-17-11-18-31(24-29)40-42-39(28-15-5-2-6-16-28)43-41(44-40)34-25-30-23-22-27-14-7-8-19-32(27)36(30)38-37(34)33-20-9-10-21-35(33)45-38/h1-25H. The van der Waals surface area contributed by atoms with E-state index in [4.69, 9.17) is 19.4 Å². The van der Waals surface area contributed by atoms with Crippen LogP contribution in [0.15, 0.2) is 156 Å². The number of benzene rings is 7.